The molecule has 3 heterocycles. The van der Waals surface area contributed by atoms with E-state index in [-0.39, 0.29) is 16.4 Å². The number of fused-ring (bicyclic) bond motifs is 1. The quantitative estimate of drug-likeness (QED) is 0.664. The third-order valence-corrected chi connectivity index (χ3v) is 5.46. The molecular formula is C18H14F3N3O3S. The second-order valence-electron chi connectivity index (χ2n) is 6.37. The number of aromatic nitrogens is 3. The van der Waals surface area contributed by atoms with E-state index in [0.29, 0.717) is 24.3 Å². The Morgan fingerprint density at radius 2 is 1.93 bits per heavy atom. The third-order valence-electron chi connectivity index (χ3n) is 4.35. The minimum absolute atomic E-state index is 0.0230. The summed E-state index contributed by atoms with van der Waals surface area (Å²) in [4.78, 5) is 3.96. The van der Waals surface area contributed by atoms with Crippen LogP contribution in [-0.2, 0) is 22.4 Å². The standard InChI is InChI=1S/C18H14F3N3O3S/c1-28(25,26)13-4-6-22-17(9-13)24-14(10-16(23-24)18(19,20)21)11-2-3-15-12(8-11)5-7-27-15/h2-4,6,8-10H,5,7H2,1H3. The minimum atomic E-state index is -4.66. The fraction of sp³-hybridized carbons (Fsp3) is 0.222. The predicted molar refractivity (Wildman–Crippen MR) is 94.1 cm³/mol. The second kappa shape index (κ2) is 6.33. The first-order valence-electron chi connectivity index (χ1n) is 8.23. The average Bonchev–Trinajstić information content (AvgIpc) is 3.27. The van der Waals surface area contributed by atoms with Gasteiger partial charge in [-0.05, 0) is 35.9 Å². The van der Waals surface area contributed by atoms with Crippen LogP contribution in [0.5, 0.6) is 5.75 Å². The topological polar surface area (TPSA) is 74.1 Å². The Hall–Kier alpha value is -2.88. The van der Waals surface area contributed by atoms with Crippen molar-refractivity contribution in [2.45, 2.75) is 17.5 Å². The molecule has 4 rings (SSSR count). The zero-order valence-corrected chi connectivity index (χ0v) is 15.4. The van der Waals surface area contributed by atoms with Crippen LogP contribution in [0.3, 0.4) is 0 Å². The molecule has 0 unspecified atom stereocenters. The number of sulfone groups is 1. The SMILES string of the molecule is CS(=O)(=O)c1ccnc(-n2nc(C(F)(F)F)cc2-c2ccc3c(c2)CCO3)c1. The molecule has 146 valence electrons. The molecule has 0 spiro atoms. The molecule has 0 aliphatic carbocycles. The number of benzene rings is 1. The van der Waals surface area contributed by atoms with Gasteiger partial charge in [0.05, 0.1) is 17.2 Å². The Kier molecular flexibility index (Phi) is 4.18. The van der Waals surface area contributed by atoms with Crippen LogP contribution in [0.15, 0.2) is 47.5 Å². The molecule has 0 amide bonds. The first-order valence-corrected chi connectivity index (χ1v) is 10.1. The van der Waals surface area contributed by atoms with Crippen molar-refractivity contribution in [2.75, 3.05) is 12.9 Å². The Balaban J connectivity index is 1.91. The predicted octanol–water partition coefficient (Wildman–Crippen LogP) is 3.29. The van der Waals surface area contributed by atoms with Crippen molar-refractivity contribution in [2.24, 2.45) is 0 Å². The van der Waals surface area contributed by atoms with E-state index in [1.165, 1.54) is 18.3 Å². The number of alkyl halides is 3. The van der Waals surface area contributed by atoms with E-state index in [1.54, 1.807) is 18.2 Å². The molecule has 0 saturated carbocycles. The molecule has 1 aliphatic rings. The van der Waals surface area contributed by atoms with Gasteiger partial charge in [-0.2, -0.15) is 18.3 Å². The van der Waals surface area contributed by atoms with Crippen LogP contribution in [0.25, 0.3) is 17.1 Å². The van der Waals surface area contributed by atoms with Crippen molar-refractivity contribution in [3.8, 4) is 22.8 Å². The van der Waals surface area contributed by atoms with Crippen LogP contribution < -0.4 is 4.74 Å². The number of hydrogen-bond acceptors (Lipinski definition) is 5. The summed E-state index contributed by atoms with van der Waals surface area (Å²) in [5.74, 6) is 0.674. The maximum absolute atomic E-state index is 13.3. The lowest BCUT2D eigenvalue weighted by atomic mass is 10.1. The summed E-state index contributed by atoms with van der Waals surface area (Å²) in [7, 11) is -3.56. The molecule has 1 aliphatic heterocycles. The van der Waals surface area contributed by atoms with E-state index in [1.807, 2.05) is 0 Å². The van der Waals surface area contributed by atoms with Crippen molar-refractivity contribution in [3.05, 3.63) is 53.9 Å². The largest absolute Gasteiger partial charge is 0.493 e. The number of halogens is 3. The van der Waals surface area contributed by atoms with Crippen molar-refractivity contribution < 1.29 is 26.3 Å². The Morgan fingerprint density at radius 1 is 1.14 bits per heavy atom. The van der Waals surface area contributed by atoms with Crippen LogP contribution in [0.2, 0.25) is 0 Å². The van der Waals surface area contributed by atoms with Crippen LogP contribution in [-0.4, -0.2) is 36.0 Å². The second-order valence-corrected chi connectivity index (χ2v) is 8.38. The van der Waals surface area contributed by atoms with Gasteiger partial charge in [-0.15, -0.1) is 0 Å². The Morgan fingerprint density at radius 3 is 2.64 bits per heavy atom. The van der Waals surface area contributed by atoms with E-state index >= 15 is 0 Å². The van der Waals surface area contributed by atoms with Crippen LogP contribution in [0.4, 0.5) is 13.2 Å². The van der Waals surface area contributed by atoms with E-state index in [2.05, 4.69) is 10.1 Å². The minimum Gasteiger partial charge on any atom is -0.493 e. The van der Waals surface area contributed by atoms with Gasteiger partial charge in [0.15, 0.2) is 21.3 Å². The number of nitrogens with zero attached hydrogens (tertiary/aromatic N) is 3. The highest BCUT2D eigenvalue weighted by molar-refractivity contribution is 7.90. The summed E-state index contributed by atoms with van der Waals surface area (Å²) in [5, 5.41) is 3.65. The summed E-state index contributed by atoms with van der Waals surface area (Å²) in [6, 6.07) is 8.48. The molecule has 6 nitrogen and oxygen atoms in total. The Labute approximate surface area is 158 Å². The lowest BCUT2D eigenvalue weighted by molar-refractivity contribution is -0.141. The number of ether oxygens (including phenoxy) is 1. The molecular weight excluding hydrogens is 395 g/mol. The molecule has 10 heteroatoms. The fourth-order valence-electron chi connectivity index (χ4n) is 2.99. The lowest BCUT2D eigenvalue weighted by Gasteiger charge is -2.09. The van der Waals surface area contributed by atoms with E-state index in [4.69, 9.17) is 4.74 Å². The first kappa shape index (κ1) is 18.5. The van der Waals surface area contributed by atoms with Gasteiger partial charge < -0.3 is 4.74 Å². The molecule has 0 radical (unpaired) electrons. The maximum Gasteiger partial charge on any atom is 0.435 e. The third kappa shape index (κ3) is 3.35. The van der Waals surface area contributed by atoms with E-state index < -0.39 is 21.7 Å². The molecule has 0 bridgehead atoms. The summed E-state index contributed by atoms with van der Waals surface area (Å²) in [6.07, 6.45) is -1.77. The summed E-state index contributed by atoms with van der Waals surface area (Å²) >= 11 is 0. The van der Waals surface area contributed by atoms with Gasteiger partial charge in [0.1, 0.15) is 5.75 Å². The van der Waals surface area contributed by atoms with Gasteiger partial charge in [0, 0.05) is 30.5 Å². The van der Waals surface area contributed by atoms with Gasteiger partial charge in [-0.25, -0.2) is 18.1 Å². The molecule has 0 fully saturated rings. The van der Waals surface area contributed by atoms with Crippen molar-refractivity contribution in [1.29, 1.82) is 0 Å². The van der Waals surface area contributed by atoms with Crippen molar-refractivity contribution >= 4 is 9.84 Å². The normalized spacial score (nSPS) is 14.0. The molecule has 0 saturated heterocycles. The first-order chi connectivity index (χ1) is 13.1. The van der Waals surface area contributed by atoms with E-state index in [0.717, 1.165) is 22.6 Å². The smallest absolute Gasteiger partial charge is 0.435 e. The average molecular weight is 409 g/mol. The zero-order valence-electron chi connectivity index (χ0n) is 14.6. The Bertz CT molecular complexity index is 1170. The fourth-order valence-corrected chi connectivity index (χ4v) is 3.62. The summed E-state index contributed by atoms with van der Waals surface area (Å²) < 4.78 is 69.9. The van der Waals surface area contributed by atoms with Crippen LogP contribution in [0, 0.1) is 0 Å². The maximum atomic E-state index is 13.3. The molecule has 28 heavy (non-hydrogen) atoms. The molecule has 1 aromatic carbocycles. The molecule has 2 aromatic heterocycles. The van der Waals surface area contributed by atoms with Gasteiger partial charge in [-0.3, -0.25) is 0 Å². The van der Waals surface area contributed by atoms with Crippen LogP contribution >= 0.6 is 0 Å². The molecule has 0 N–H and O–H groups in total. The van der Waals surface area contributed by atoms with Gasteiger partial charge in [0.2, 0.25) is 0 Å². The molecule has 0 atom stereocenters. The van der Waals surface area contributed by atoms with Gasteiger partial charge in [0.25, 0.3) is 0 Å². The number of hydrogen-bond donors (Lipinski definition) is 0. The highest BCUT2D eigenvalue weighted by Crippen LogP contribution is 2.35. The summed E-state index contributed by atoms with van der Waals surface area (Å²) in [6.45, 7) is 0.518. The lowest BCUT2D eigenvalue weighted by Crippen LogP contribution is -2.09. The van der Waals surface area contributed by atoms with Crippen LogP contribution in [0.1, 0.15) is 11.3 Å². The number of rotatable bonds is 3. The highest BCUT2D eigenvalue weighted by Gasteiger charge is 2.35. The van der Waals surface area contributed by atoms with E-state index in [9.17, 15) is 21.6 Å². The summed E-state index contributed by atoms with van der Waals surface area (Å²) in [5.41, 5.74) is 0.446. The van der Waals surface area contributed by atoms with Crippen molar-refractivity contribution in [1.82, 2.24) is 14.8 Å². The van der Waals surface area contributed by atoms with Gasteiger partial charge >= 0.3 is 6.18 Å². The monoisotopic (exact) mass is 409 g/mol. The number of pyridine rings is 1. The molecule has 3 aromatic rings. The van der Waals surface area contributed by atoms with Gasteiger partial charge in [-0.1, -0.05) is 0 Å². The highest BCUT2D eigenvalue weighted by atomic mass is 32.2. The van der Waals surface area contributed by atoms with Crippen molar-refractivity contribution in [3.63, 3.8) is 0 Å². The zero-order chi connectivity index (χ0) is 20.1.